The van der Waals surface area contributed by atoms with Crippen molar-refractivity contribution in [3.05, 3.63) is 33.3 Å². The lowest BCUT2D eigenvalue weighted by Crippen LogP contribution is -2.47. The van der Waals surface area contributed by atoms with Crippen LogP contribution in [0.3, 0.4) is 0 Å². The number of rotatable bonds is 6. The predicted molar refractivity (Wildman–Crippen MR) is 131 cm³/mol. The van der Waals surface area contributed by atoms with Crippen molar-refractivity contribution < 1.29 is 19.4 Å². The summed E-state index contributed by atoms with van der Waals surface area (Å²) >= 11 is 0. The molecule has 1 atom stereocenters. The summed E-state index contributed by atoms with van der Waals surface area (Å²) < 4.78 is 8.21. The zero-order valence-corrected chi connectivity index (χ0v) is 21.1. The highest BCUT2D eigenvalue weighted by Crippen LogP contribution is 2.28. The Morgan fingerprint density at radius 3 is 2.63 bits per heavy atom. The van der Waals surface area contributed by atoms with Crippen molar-refractivity contribution in [3.8, 4) is 5.88 Å². The first-order chi connectivity index (χ1) is 16.5. The summed E-state index contributed by atoms with van der Waals surface area (Å²) in [6.45, 7) is 11.6. The van der Waals surface area contributed by atoms with E-state index in [2.05, 4.69) is 10.4 Å². The standard InChI is InChI=1S/C25H35N5O5/c1-6-17-13-35-12-11-28(17)19(31)10-9-18-15(2)27-30-22(18)29(14-25(3,4)5)23(33)20(24(30)34)21(32)26-16-7-8-16/h9-10,16-17,33H,6-8,11-14H2,1-5H3,(H,26,32)/b10-9+/t17-/m0/s1. The number of hydrogen-bond acceptors (Lipinski definition) is 6. The number of hydrogen-bond donors (Lipinski definition) is 2. The second kappa shape index (κ2) is 9.49. The molecule has 10 heteroatoms. The number of morpholine rings is 1. The monoisotopic (exact) mass is 485 g/mol. The molecule has 1 aliphatic carbocycles. The Kier molecular flexibility index (Phi) is 6.77. The number of carbonyl (C=O) groups excluding carboxylic acids is 2. The highest BCUT2D eigenvalue weighted by molar-refractivity contribution is 5.97. The van der Waals surface area contributed by atoms with Gasteiger partial charge in [-0.2, -0.15) is 9.61 Å². The molecule has 2 N–H and O–H groups in total. The zero-order valence-electron chi connectivity index (χ0n) is 21.1. The van der Waals surface area contributed by atoms with Crippen LogP contribution in [-0.4, -0.2) is 67.8 Å². The van der Waals surface area contributed by atoms with Gasteiger partial charge in [0.25, 0.3) is 11.5 Å². The maximum atomic E-state index is 13.3. The van der Waals surface area contributed by atoms with Gasteiger partial charge in [-0.3, -0.25) is 19.0 Å². The summed E-state index contributed by atoms with van der Waals surface area (Å²) in [7, 11) is 0. The number of fused-ring (bicyclic) bond motifs is 1. The number of amides is 2. The number of aromatic nitrogens is 3. The van der Waals surface area contributed by atoms with Crippen molar-refractivity contribution in [1.82, 2.24) is 24.4 Å². The number of aryl methyl sites for hydroxylation is 1. The fourth-order valence-electron chi connectivity index (χ4n) is 4.40. The van der Waals surface area contributed by atoms with Gasteiger partial charge in [-0.25, -0.2) is 0 Å². The van der Waals surface area contributed by atoms with Crippen LogP contribution < -0.4 is 10.9 Å². The number of carbonyl (C=O) groups is 2. The van der Waals surface area contributed by atoms with Crippen molar-refractivity contribution in [2.75, 3.05) is 19.8 Å². The van der Waals surface area contributed by atoms with Crippen molar-refractivity contribution in [3.63, 3.8) is 0 Å². The molecule has 2 fully saturated rings. The molecular formula is C25H35N5O5. The Morgan fingerprint density at radius 1 is 1.29 bits per heavy atom. The molecule has 2 amide bonds. The molecule has 3 heterocycles. The van der Waals surface area contributed by atoms with Crippen LogP contribution in [0.4, 0.5) is 0 Å². The molecule has 1 saturated heterocycles. The van der Waals surface area contributed by atoms with E-state index in [9.17, 15) is 19.5 Å². The Hall–Kier alpha value is -3.14. The maximum absolute atomic E-state index is 13.3. The molecule has 35 heavy (non-hydrogen) atoms. The smallest absolute Gasteiger partial charge is 0.291 e. The van der Waals surface area contributed by atoms with E-state index in [1.54, 1.807) is 22.5 Å². The van der Waals surface area contributed by atoms with Gasteiger partial charge in [-0.05, 0) is 37.7 Å². The Labute approximate surface area is 204 Å². The topological polar surface area (TPSA) is 118 Å². The van der Waals surface area contributed by atoms with E-state index in [-0.39, 0.29) is 29.0 Å². The van der Waals surface area contributed by atoms with Crippen LogP contribution in [0.25, 0.3) is 11.7 Å². The van der Waals surface area contributed by atoms with Gasteiger partial charge in [-0.15, -0.1) is 0 Å². The lowest BCUT2D eigenvalue weighted by Gasteiger charge is -2.34. The van der Waals surface area contributed by atoms with E-state index >= 15 is 0 Å². The molecule has 0 bridgehead atoms. The highest BCUT2D eigenvalue weighted by Gasteiger charge is 2.31. The van der Waals surface area contributed by atoms with Crippen LogP contribution in [0, 0.1) is 12.3 Å². The van der Waals surface area contributed by atoms with E-state index in [4.69, 9.17) is 4.74 Å². The number of nitrogens with zero attached hydrogens (tertiary/aromatic N) is 4. The normalized spacial score (nSPS) is 19.0. The van der Waals surface area contributed by atoms with Gasteiger partial charge < -0.3 is 20.1 Å². The molecule has 0 radical (unpaired) electrons. The van der Waals surface area contributed by atoms with Gasteiger partial charge in [0, 0.05) is 30.8 Å². The van der Waals surface area contributed by atoms with E-state index in [1.807, 2.05) is 27.7 Å². The van der Waals surface area contributed by atoms with E-state index in [1.165, 1.54) is 6.08 Å². The molecule has 1 saturated carbocycles. The van der Waals surface area contributed by atoms with Gasteiger partial charge in [-0.1, -0.05) is 27.7 Å². The molecule has 0 aromatic carbocycles. The minimum Gasteiger partial charge on any atom is -0.494 e. The van der Waals surface area contributed by atoms with Crippen LogP contribution in [0.2, 0.25) is 0 Å². The molecule has 2 aliphatic rings. The molecule has 2 aromatic rings. The second-order valence-corrected chi connectivity index (χ2v) is 10.6. The number of ether oxygens (including phenoxy) is 1. The molecule has 10 nitrogen and oxygen atoms in total. The molecule has 0 unspecified atom stereocenters. The van der Waals surface area contributed by atoms with Gasteiger partial charge in [0.1, 0.15) is 5.65 Å². The minimum atomic E-state index is -0.686. The first-order valence-corrected chi connectivity index (χ1v) is 12.2. The first kappa shape index (κ1) is 25.0. The average Bonchev–Trinajstić information content (AvgIpc) is 3.54. The molecular weight excluding hydrogens is 450 g/mol. The lowest BCUT2D eigenvalue weighted by molar-refractivity contribution is -0.134. The molecule has 2 aromatic heterocycles. The van der Waals surface area contributed by atoms with Crippen LogP contribution in [0.5, 0.6) is 5.88 Å². The SMILES string of the molecule is CC[C@H]1COCCN1C(=O)/C=C/c1c(C)nn2c(=O)c(C(=O)NC3CC3)c(O)n(CC(C)(C)C)c12. The summed E-state index contributed by atoms with van der Waals surface area (Å²) in [5.41, 5.74) is 0.123. The Balaban J connectivity index is 1.81. The van der Waals surface area contributed by atoms with Gasteiger partial charge in [0.05, 0.1) is 24.9 Å². The van der Waals surface area contributed by atoms with Crippen LogP contribution in [-0.2, 0) is 16.1 Å². The third-order valence-corrected chi connectivity index (χ3v) is 6.37. The summed E-state index contributed by atoms with van der Waals surface area (Å²) in [5, 5.41) is 18.4. The highest BCUT2D eigenvalue weighted by atomic mass is 16.5. The van der Waals surface area contributed by atoms with Crippen molar-refractivity contribution >= 4 is 23.5 Å². The predicted octanol–water partition coefficient (Wildman–Crippen LogP) is 2.10. The maximum Gasteiger partial charge on any atom is 0.291 e. The minimum absolute atomic E-state index is 0.0153. The third-order valence-electron chi connectivity index (χ3n) is 6.37. The van der Waals surface area contributed by atoms with Crippen LogP contribution in [0.15, 0.2) is 10.9 Å². The first-order valence-electron chi connectivity index (χ1n) is 12.2. The fourth-order valence-corrected chi connectivity index (χ4v) is 4.40. The summed E-state index contributed by atoms with van der Waals surface area (Å²) in [4.78, 5) is 40.9. The lowest BCUT2D eigenvalue weighted by atomic mass is 9.96. The average molecular weight is 486 g/mol. The summed E-state index contributed by atoms with van der Waals surface area (Å²) in [5.74, 6) is -1.14. The van der Waals surface area contributed by atoms with Crippen molar-refractivity contribution in [2.24, 2.45) is 5.41 Å². The molecule has 190 valence electrons. The van der Waals surface area contributed by atoms with Crippen LogP contribution in [0.1, 0.15) is 68.6 Å². The number of aromatic hydroxyl groups is 1. The second-order valence-electron chi connectivity index (χ2n) is 10.6. The Morgan fingerprint density at radius 2 is 2.00 bits per heavy atom. The fraction of sp³-hybridized carbons (Fsp3) is 0.600. The van der Waals surface area contributed by atoms with Crippen molar-refractivity contribution in [2.45, 2.75) is 72.5 Å². The zero-order chi connectivity index (χ0) is 25.5. The molecule has 0 spiro atoms. The van der Waals surface area contributed by atoms with Crippen LogP contribution >= 0.6 is 0 Å². The third kappa shape index (κ3) is 5.12. The van der Waals surface area contributed by atoms with Gasteiger partial charge in [0.2, 0.25) is 11.8 Å². The van der Waals surface area contributed by atoms with Gasteiger partial charge in [0.15, 0.2) is 5.56 Å². The largest absolute Gasteiger partial charge is 0.494 e. The summed E-state index contributed by atoms with van der Waals surface area (Å²) in [6, 6.07) is 0.0469. The van der Waals surface area contributed by atoms with Crippen molar-refractivity contribution in [1.29, 1.82) is 0 Å². The quantitative estimate of drug-likeness (QED) is 0.605. The summed E-state index contributed by atoms with van der Waals surface area (Å²) in [6.07, 6.45) is 5.63. The molecule has 1 aliphatic heterocycles. The molecule has 4 rings (SSSR count). The Bertz CT molecular complexity index is 1230. The van der Waals surface area contributed by atoms with E-state index < -0.39 is 17.3 Å². The number of nitrogens with one attached hydrogen (secondary N) is 1. The van der Waals surface area contributed by atoms with Gasteiger partial charge >= 0.3 is 0 Å². The van der Waals surface area contributed by atoms with E-state index in [0.717, 1.165) is 23.8 Å². The van der Waals surface area contributed by atoms with E-state index in [0.29, 0.717) is 43.2 Å².